The van der Waals surface area contributed by atoms with Crippen molar-refractivity contribution in [2.24, 2.45) is 11.3 Å². The van der Waals surface area contributed by atoms with Crippen LogP contribution < -0.4 is 10.6 Å². The quantitative estimate of drug-likeness (QED) is 0.836. The van der Waals surface area contributed by atoms with Crippen molar-refractivity contribution < 1.29 is 9.18 Å². The fraction of sp³-hybridized carbons (Fsp3) is 0.538. The van der Waals surface area contributed by atoms with Gasteiger partial charge in [-0.3, -0.25) is 9.78 Å². The van der Waals surface area contributed by atoms with Gasteiger partial charge in [-0.25, -0.2) is 4.39 Å². The maximum atomic E-state index is 13.4. The summed E-state index contributed by atoms with van der Waals surface area (Å²) >= 11 is 0. The van der Waals surface area contributed by atoms with E-state index in [-0.39, 0.29) is 22.9 Å². The second-order valence-electron chi connectivity index (χ2n) is 5.21. The highest BCUT2D eigenvalue weighted by Gasteiger charge is 2.57. The number of hydrogen-bond acceptors (Lipinski definition) is 3. The van der Waals surface area contributed by atoms with Crippen LogP contribution in [0.25, 0.3) is 0 Å². The van der Waals surface area contributed by atoms with Crippen LogP contribution in [0.3, 0.4) is 0 Å². The van der Waals surface area contributed by atoms with Crippen LogP contribution in [-0.2, 0) is 4.79 Å². The first-order valence-corrected chi connectivity index (χ1v) is 6.32. The number of pyridine rings is 1. The van der Waals surface area contributed by atoms with Gasteiger partial charge in [0.2, 0.25) is 5.91 Å². The lowest BCUT2D eigenvalue weighted by atomic mass is 9.92. The number of carbonyl (C=O) groups is 1. The Morgan fingerprint density at radius 3 is 3.00 bits per heavy atom. The highest BCUT2D eigenvalue weighted by molar-refractivity contribution is 5.95. The third-order valence-corrected chi connectivity index (χ3v) is 4.14. The topological polar surface area (TPSA) is 54.0 Å². The second-order valence-corrected chi connectivity index (χ2v) is 5.21. The zero-order valence-corrected chi connectivity index (χ0v) is 10.1. The molecular weight excluding hydrogens is 233 g/mol. The molecule has 18 heavy (non-hydrogen) atoms. The Hall–Kier alpha value is -1.49. The van der Waals surface area contributed by atoms with E-state index in [1.807, 2.05) is 0 Å². The molecule has 1 saturated heterocycles. The molecule has 2 aliphatic rings. The van der Waals surface area contributed by atoms with Gasteiger partial charge in [0.15, 0.2) is 5.82 Å². The van der Waals surface area contributed by atoms with Gasteiger partial charge < -0.3 is 10.6 Å². The van der Waals surface area contributed by atoms with Crippen LogP contribution >= 0.6 is 0 Å². The van der Waals surface area contributed by atoms with Crippen molar-refractivity contribution in [2.45, 2.75) is 19.3 Å². The summed E-state index contributed by atoms with van der Waals surface area (Å²) in [4.78, 5) is 15.7. The third-order valence-electron chi connectivity index (χ3n) is 4.14. The van der Waals surface area contributed by atoms with Gasteiger partial charge >= 0.3 is 0 Å². The molecule has 1 spiro atoms. The second kappa shape index (κ2) is 4.31. The monoisotopic (exact) mass is 249 g/mol. The fourth-order valence-corrected chi connectivity index (χ4v) is 2.89. The SMILES string of the molecule is O=C(Nc1ccncc1F)C1CC12CCNCC2. The number of amides is 1. The van der Waals surface area contributed by atoms with Crippen molar-refractivity contribution in [3.05, 3.63) is 24.3 Å². The van der Waals surface area contributed by atoms with Crippen molar-refractivity contribution in [3.63, 3.8) is 0 Å². The van der Waals surface area contributed by atoms with E-state index in [1.165, 1.54) is 12.3 Å². The predicted molar refractivity (Wildman–Crippen MR) is 65.5 cm³/mol. The lowest BCUT2D eigenvalue weighted by Gasteiger charge is -2.23. The van der Waals surface area contributed by atoms with Gasteiger partial charge in [0, 0.05) is 12.1 Å². The molecule has 1 atom stereocenters. The van der Waals surface area contributed by atoms with Crippen molar-refractivity contribution in [1.29, 1.82) is 0 Å². The van der Waals surface area contributed by atoms with Crippen molar-refractivity contribution >= 4 is 11.6 Å². The summed E-state index contributed by atoms with van der Waals surface area (Å²) in [5.74, 6) is -0.486. The van der Waals surface area contributed by atoms with Crippen LogP contribution in [0.2, 0.25) is 0 Å². The molecule has 2 fully saturated rings. The summed E-state index contributed by atoms with van der Waals surface area (Å²) in [7, 11) is 0. The molecule has 0 bridgehead atoms. The van der Waals surface area contributed by atoms with Gasteiger partial charge in [0.05, 0.1) is 11.9 Å². The summed E-state index contributed by atoms with van der Waals surface area (Å²) in [6.45, 7) is 1.96. The average Bonchev–Trinajstić information content (AvgIpc) is 3.07. The standard InChI is InChI=1S/C13H16FN3O/c14-10-8-16-4-1-11(10)17-12(18)9-7-13(9)2-5-15-6-3-13/h1,4,8-9,15H,2-3,5-7H2,(H,16,17,18). The van der Waals surface area contributed by atoms with E-state index in [0.29, 0.717) is 0 Å². The molecule has 1 aromatic rings. The summed E-state index contributed by atoms with van der Waals surface area (Å²) in [5.41, 5.74) is 0.407. The normalized spacial score (nSPS) is 24.8. The molecule has 3 rings (SSSR count). The van der Waals surface area contributed by atoms with Gasteiger partial charge in [-0.05, 0) is 43.8 Å². The minimum Gasteiger partial charge on any atom is -0.323 e. The van der Waals surface area contributed by atoms with Crippen LogP contribution in [0.15, 0.2) is 18.5 Å². The van der Waals surface area contributed by atoms with Crippen LogP contribution in [0.5, 0.6) is 0 Å². The Kier molecular flexibility index (Phi) is 2.78. The molecule has 1 amide bonds. The number of hydrogen-bond donors (Lipinski definition) is 2. The maximum Gasteiger partial charge on any atom is 0.228 e. The lowest BCUT2D eigenvalue weighted by Crippen LogP contribution is -2.31. The van der Waals surface area contributed by atoms with E-state index in [2.05, 4.69) is 15.6 Å². The largest absolute Gasteiger partial charge is 0.323 e. The van der Waals surface area contributed by atoms with E-state index in [9.17, 15) is 9.18 Å². The van der Waals surface area contributed by atoms with E-state index < -0.39 is 5.82 Å². The molecule has 4 nitrogen and oxygen atoms in total. The van der Waals surface area contributed by atoms with Crippen molar-refractivity contribution in [3.8, 4) is 0 Å². The average molecular weight is 249 g/mol. The molecule has 1 aliphatic heterocycles. The Labute approximate surface area is 105 Å². The zero-order chi connectivity index (χ0) is 12.6. The van der Waals surface area contributed by atoms with Gasteiger partial charge in [0.1, 0.15) is 0 Å². The number of piperidine rings is 1. The lowest BCUT2D eigenvalue weighted by molar-refractivity contribution is -0.118. The van der Waals surface area contributed by atoms with Crippen LogP contribution in [0.4, 0.5) is 10.1 Å². The van der Waals surface area contributed by atoms with E-state index in [0.717, 1.165) is 38.5 Å². The number of halogens is 1. The number of aromatic nitrogens is 1. The van der Waals surface area contributed by atoms with E-state index >= 15 is 0 Å². The smallest absolute Gasteiger partial charge is 0.228 e. The highest BCUT2D eigenvalue weighted by atomic mass is 19.1. The first-order chi connectivity index (χ1) is 8.71. The molecule has 2 N–H and O–H groups in total. The molecule has 1 aliphatic carbocycles. The molecule has 1 saturated carbocycles. The van der Waals surface area contributed by atoms with Gasteiger partial charge in [0.25, 0.3) is 0 Å². The van der Waals surface area contributed by atoms with Gasteiger partial charge in [-0.1, -0.05) is 0 Å². The Morgan fingerprint density at radius 2 is 2.28 bits per heavy atom. The molecular formula is C13H16FN3O. The van der Waals surface area contributed by atoms with Gasteiger partial charge in [-0.15, -0.1) is 0 Å². The molecule has 0 aromatic carbocycles. The Bertz CT molecular complexity index is 471. The minimum absolute atomic E-state index is 0.0483. The molecule has 5 heteroatoms. The van der Waals surface area contributed by atoms with Crippen LogP contribution in [-0.4, -0.2) is 24.0 Å². The van der Waals surface area contributed by atoms with Gasteiger partial charge in [-0.2, -0.15) is 0 Å². The number of carbonyl (C=O) groups excluding carboxylic acids is 1. The minimum atomic E-state index is -0.481. The number of nitrogens with zero attached hydrogens (tertiary/aromatic N) is 1. The highest BCUT2D eigenvalue weighted by Crippen LogP contribution is 2.58. The fourth-order valence-electron chi connectivity index (χ4n) is 2.89. The third kappa shape index (κ3) is 1.99. The zero-order valence-electron chi connectivity index (χ0n) is 10.1. The van der Waals surface area contributed by atoms with E-state index in [1.54, 1.807) is 0 Å². The van der Waals surface area contributed by atoms with Crippen LogP contribution in [0, 0.1) is 17.2 Å². The van der Waals surface area contributed by atoms with E-state index in [4.69, 9.17) is 0 Å². The molecule has 0 radical (unpaired) electrons. The van der Waals surface area contributed by atoms with Crippen molar-refractivity contribution in [1.82, 2.24) is 10.3 Å². The first kappa shape index (κ1) is 11.6. The summed E-state index contributed by atoms with van der Waals surface area (Å²) < 4.78 is 13.4. The molecule has 2 heterocycles. The predicted octanol–water partition coefficient (Wildman–Crippen LogP) is 1.55. The summed E-state index contributed by atoms with van der Waals surface area (Å²) in [5, 5.41) is 5.97. The molecule has 96 valence electrons. The molecule has 1 unspecified atom stereocenters. The van der Waals surface area contributed by atoms with Crippen molar-refractivity contribution in [2.75, 3.05) is 18.4 Å². The number of rotatable bonds is 2. The maximum absolute atomic E-state index is 13.4. The van der Waals surface area contributed by atoms with Crippen LogP contribution in [0.1, 0.15) is 19.3 Å². The molecule has 1 aromatic heterocycles. The first-order valence-electron chi connectivity index (χ1n) is 6.32. The summed E-state index contributed by atoms with van der Waals surface area (Å²) in [6, 6.07) is 1.49. The number of anilines is 1. The number of nitrogens with one attached hydrogen (secondary N) is 2. The Balaban J connectivity index is 1.65. The Morgan fingerprint density at radius 1 is 1.50 bits per heavy atom. The summed E-state index contributed by atoms with van der Waals surface area (Å²) in [6.07, 6.45) is 5.62.